The fourth-order valence-electron chi connectivity index (χ4n) is 3.08. The van der Waals surface area contributed by atoms with E-state index in [1.807, 2.05) is 41.8 Å². The summed E-state index contributed by atoms with van der Waals surface area (Å²) in [6, 6.07) is 15.0. The minimum atomic E-state index is -1.07. The van der Waals surface area contributed by atoms with Crippen molar-refractivity contribution in [2.45, 2.75) is 19.9 Å². The van der Waals surface area contributed by atoms with Crippen LogP contribution in [-0.4, -0.2) is 42.2 Å². The fourth-order valence-corrected chi connectivity index (χ4v) is 3.94. The summed E-state index contributed by atoms with van der Waals surface area (Å²) in [4.78, 5) is 29.6. The molecule has 0 aliphatic rings. The summed E-state index contributed by atoms with van der Waals surface area (Å²) in [6.45, 7) is 3.24. The Morgan fingerprint density at radius 1 is 1.19 bits per heavy atom. The Morgan fingerprint density at radius 3 is 2.65 bits per heavy atom. The molecule has 31 heavy (non-hydrogen) atoms. The van der Waals surface area contributed by atoms with Crippen LogP contribution in [0.15, 0.2) is 53.9 Å². The van der Waals surface area contributed by atoms with Crippen LogP contribution in [-0.2, 0) is 11.3 Å². The normalized spacial score (nSPS) is 10.5. The highest BCUT2D eigenvalue weighted by molar-refractivity contribution is 7.14. The van der Waals surface area contributed by atoms with E-state index >= 15 is 0 Å². The fraction of sp³-hybridized carbons (Fsp3) is 0.261. The van der Waals surface area contributed by atoms with Gasteiger partial charge in [0, 0.05) is 29.6 Å². The number of hydrogen-bond acceptors (Lipinski definition) is 6. The first-order valence-corrected chi connectivity index (χ1v) is 10.8. The van der Waals surface area contributed by atoms with Gasteiger partial charge in [0.1, 0.15) is 12.3 Å². The summed E-state index contributed by atoms with van der Waals surface area (Å²) < 4.78 is 5.31. The van der Waals surface area contributed by atoms with Gasteiger partial charge in [-0.25, -0.2) is 4.98 Å². The van der Waals surface area contributed by atoms with Crippen LogP contribution >= 0.6 is 11.3 Å². The first-order chi connectivity index (χ1) is 15.0. The number of carbonyl (C=O) groups is 2. The summed E-state index contributed by atoms with van der Waals surface area (Å²) in [5, 5.41) is 14.0. The third-order valence-electron chi connectivity index (χ3n) is 4.61. The molecule has 0 spiro atoms. The standard InChI is InChI=1S/C23H25N3O4S/c1-3-11-26(14-16-7-9-17(10-8-16)22(29)24-13-21(27)28)23-25-20(15-31-23)18-5-4-6-19(12-18)30-2/h4-10,12,15H,3,11,13-14H2,1-2H3,(H,24,29)(H,27,28). The summed E-state index contributed by atoms with van der Waals surface area (Å²) in [5.74, 6) is -0.677. The Kier molecular flexibility index (Phi) is 7.61. The number of anilines is 1. The van der Waals surface area contributed by atoms with Gasteiger partial charge in [0.15, 0.2) is 5.13 Å². The van der Waals surface area contributed by atoms with Crippen LogP contribution in [0.3, 0.4) is 0 Å². The molecule has 0 aliphatic heterocycles. The minimum Gasteiger partial charge on any atom is -0.497 e. The predicted octanol–water partition coefficient (Wildman–Crippen LogP) is 4.05. The Hall–Kier alpha value is -3.39. The van der Waals surface area contributed by atoms with E-state index in [9.17, 15) is 9.59 Å². The molecule has 3 rings (SSSR count). The van der Waals surface area contributed by atoms with E-state index in [2.05, 4.69) is 17.1 Å². The highest BCUT2D eigenvalue weighted by atomic mass is 32.1. The lowest BCUT2D eigenvalue weighted by atomic mass is 10.1. The largest absolute Gasteiger partial charge is 0.497 e. The van der Waals surface area contributed by atoms with E-state index in [1.54, 1.807) is 30.6 Å². The maximum Gasteiger partial charge on any atom is 0.322 e. The van der Waals surface area contributed by atoms with Gasteiger partial charge in [0.05, 0.1) is 12.8 Å². The number of carboxylic acid groups (broad SMARTS) is 1. The van der Waals surface area contributed by atoms with Crippen molar-refractivity contribution in [3.8, 4) is 17.0 Å². The van der Waals surface area contributed by atoms with Gasteiger partial charge in [-0.15, -0.1) is 11.3 Å². The Morgan fingerprint density at radius 2 is 1.97 bits per heavy atom. The number of hydrogen-bond donors (Lipinski definition) is 2. The van der Waals surface area contributed by atoms with Crippen molar-refractivity contribution in [2.24, 2.45) is 0 Å². The SMILES string of the molecule is CCCN(Cc1ccc(C(=O)NCC(=O)O)cc1)c1nc(-c2cccc(OC)c2)cs1. The highest BCUT2D eigenvalue weighted by Crippen LogP contribution is 2.30. The quantitative estimate of drug-likeness (QED) is 0.495. The van der Waals surface area contributed by atoms with Gasteiger partial charge in [-0.1, -0.05) is 31.2 Å². The average molecular weight is 440 g/mol. The monoisotopic (exact) mass is 439 g/mol. The molecular formula is C23H25N3O4S. The van der Waals surface area contributed by atoms with E-state index in [0.717, 1.165) is 40.7 Å². The molecule has 2 aromatic carbocycles. The zero-order valence-electron chi connectivity index (χ0n) is 17.5. The van der Waals surface area contributed by atoms with Crippen molar-refractivity contribution in [1.29, 1.82) is 0 Å². The van der Waals surface area contributed by atoms with Gasteiger partial charge >= 0.3 is 5.97 Å². The average Bonchev–Trinajstić information content (AvgIpc) is 3.28. The molecule has 1 aromatic heterocycles. The van der Waals surface area contributed by atoms with Crippen LogP contribution < -0.4 is 15.0 Å². The molecule has 0 fully saturated rings. The lowest BCUT2D eigenvalue weighted by molar-refractivity contribution is -0.135. The second-order valence-electron chi connectivity index (χ2n) is 6.94. The summed E-state index contributed by atoms with van der Waals surface area (Å²) >= 11 is 1.60. The minimum absolute atomic E-state index is 0.398. The number of thiazole rings is 1. The number of amides is 1. The zero-order valence-corrected chi connectivity index (χ0v) is 18.3. The third-order valence-corrected chi connectivity index (χ3v) is 5.51. The Labute approximate surface area is 185 Å². The molecule has 0 aliphatic carbocycles. The van der Waals surface area contributed by atoms with Crippen LogP contribution in [0.2, 0.25) is 0 Å². The maximum atomic E-state index is 12.0. The number of ether oxygens (including phenoxy) is 1. The second-order valence-corrected chi connectivity index (χ2v) is 7.78. The lowest BCUT2D eigenvalue weighted by Crippen LogP contribution is -2.29. The van der Waals surface area contributed by atoms with Crippen LogP contribution in [0.5, 0.6) is 5.75 Å². The number of nitrogens with zero attached hydrogens (tertiary/aromatic N) is 2. The van der Waals surface area contributed by atoms with E-state index < -0.39 is 18.4 Å². The van der Waals surface area contributed by atoms with Gasteiger partial charge in [0.2, 0.25) is 0 Å². The molecule has 1 amide bonds. The molecule has 0 unspecified atom stereocenters. The van der Waals surface area contributed by atoms with Crippen LogP contribution in [0, 0.1) is 0 Å². The van der Waals surface area contributed by atoms with E-state index in [4.69, 9.17) is 14.8 Å². The van der Waals surface area contributed by atoms with Gasteiger partial charge in [-0.2, -0.15) is 0 Å². The molecule has 2 N–H and O–H groups in total. The molecule has 0 atom stereocenters. The second kappa shape index (κ2) is 10.6. The molecule has 3 aromatic rings. The van der Waals surface area contributed by atoms with Crippen LogP contribution in [0.4, 0.5) is 5.13 Å². The first kappa shape index (κ1) is 22.3. The Bertz CT molecular complexity index is 1030. The number of benzene rings is 2. The van der Waals surface area contributed by atoms with Crippen molar-refractivity contribution < 1.29 is 19.4 Å². The van der Waals surface area contributed by atoms with Crippen molar-refractivity contribution in [3.63, 3.8) is 0 Å². The molecule has 0 saturated carbocycles. The lowest BCUT2D eigenvalue weighted by Gasteiger charge is -2.21. The number of nitrogens with one attached hydrogen (secondary N) is 1. The number of carbonyl (C=O) groups excluding carboxylic acids is 1. The number of aliphatic carboxylic acids is 1. The molecule has 1 heterocycles. The molecule has 0 bridgehead atoms. The molecular weight excluding hydrogens is 414 g/mol. The maximum absolute atomic E-state index is 12.0. The van der Waals surface area contributed by atoms with Crippen LogP contribution in [0.1, 0.15) is 29.3 Å². The topological polar surface area (TPSA) is 91.8 Å². The molecule has 8 heteroatoms. The Balaban J connectivity index is 1.72. The van der Waals surface area contributed by atoms with Gasteiger partial charge in [-0.05, 0) is 36.2 Å². The van der Waals surface area contributed by atoms with Gasteiger partial charge < -0.3 is 20.1 Å². The summed E-state index contributed by atoms with van der Waals surface area (Å²) in [7, 11) is 1.65. The van der Waals surface area contributed by atoms with Gasteiger partial charge in [-0.3, -0.25) is 9.59 Å². The molecule has 162 valence electrons. The summed E-state index contributed by atoms with van der Waals surface area (Å²) in [5.41, 5.74) is 3.39. The smallest absolute Gasteiger partial charge is 0.322 e. The number of carboxylic acids is 1. The number of rotatable bonds is 10. The van der Waals surface area contributed by atoms with Gasteiger partial charge in [0.25, 0.3) is 5.91 Å². The van der Waals surface area contributed by atoms with Crippen molar-refractivity contribution in [2.75, 3.05) is 25.1 Å². The molecule has 0 saturated heterocycles. The van der Waals surface area contributed by atoms with Crippen LogP contribution in [0.25, 0.3) is 11.3 Å². The predicted molar refractivity (Wildman–Crippen MR) is 122 cm³/mol. The number of methoxy groups -OCH3 is 1. The third kappa shape index (κ3) is 6.05. The van der Waals surface area contributed by atoms with E-state index in [0.29, 0.717) is 12.1 Å². The van der Waals surface area contributed by atoms with E-state index in [-0.39, 0.29) is 0 Å². The highest BCUT2D eigenvalue weighted by Gasteiger charge is 2.14. The molecule has 0 radical (unpaired) electrons. The first-order valence-electron chi connectivity index (χ1n) is 9.94. The zero-order chi connectivity index (χ0) is 22.2. The van der Waals surface area contributed by atoms with E-state index in [1.165, 1.54) is 0 Å². The van der Waals surface area contributed by atoms with Crippen molar-refractivity contribution in [1.82, 2.24) is 10.3 Å². The summed E-state index contributed by atoms with van der Waals surface area (Å²) in [6.07, 6.45) is 0.976. The molecule has 7 nitrogen and oxygen atoms in total. The van der Waals surface area contributed by atoms with Crippen molar-refractivity contribution in [3.05, 3.63) is 65.0 Å². The number of aromatic nitrogens is 1. The van der Waals surface area contributed by atoms with Crippen molar-refractivity contribution >= 4 is 28.3 Å².